The Labute approximate surface area is 440 Å². The average molecular weight is 1070 g/mol. The molecule has 0 radical (unpaired) electrons. The van der Waals surface area contributed by atoms with Gasteiger partial charge in [0.15, 0.2) is 5.78 Å². The summed E-state index contributed by atoms with van der Waals surface area (Å²) in [5.74, 6) is -5.18. The first-order valence-corrected chi connectivity index (χ1v) is 24.4. The Kier molecular flexibility index (Phi) is 20.0. The highest BCUT2D eigenvalue weighted by Gasteiger charge is 2.54. The van der Waals surface area contributed by atoms with Gasteiger partial charge in [0.25, 0.3) is 0 Å². The maximum atomic E-state index is 14.2. The molecule has 77 heavy (non-hydrogen) atoms. The van der Waals surface area contributed by atoms with Gasteiger partial charge in [-0.3, -0.25) is 9.59 Å². The average Bonchev–Trinajstić information content (AvgIpc) is 3.39. The quantitative estimate of drug-likeness (QED) is 0.00764. The van der Waals surface area contributed by atoms with Crippen LogP contribution in [0.25, 0.3) is 12.2 Å². The number of carbonyl (C=O) groups excluding carboxylic acids is 4. The molecule has 12 nitrogen and oxygen atoms in total. The topological polar surface area (TPSA) is 198 Å². The number of nitrogen functional groups attached to an aromatic ring is 2. The van der Waals surface area contributed by atoms with Gasteiger partial charge in [0.1, 0.15) is 23.0 Å². The fourth-order valence-electron chi connectivity index (χ4n) is 7.98. The molecule has 0 bridgehead atoms. The largest absolute Gasteiger partial charge is 0.494 e. The highest BCUT2D eigenvalue weighted by molar-refractivity contribution is 6.01. The molecule has 6 aromatic rings. The van der Waals surface area contributed by atoms with Crippen LogP contribution in [0.5, 0.6) is 23.0 Å². The second kappa shape index (κ2) is 26.5. The zero-order valence-electron chi connectivity index (χ0n) is 41.5. The van der Waals surface area contributed by atoms with Crippen molar-refractivity contribution in [1.82, 2.24) is 0 Å². The molecule has 0 aliphatic carbocycles. The molecule has 0 amide bonds. The molecule has 0 unspecified atom stereocenters. The van der Waals surface area contributed by atoms with E-state index in [1.54, 1.807) is 60.7 Å². The fraction of sp³-hybridized carbons (Fsp3) is 0.254. The number of anilines is 2. The predicted octanol–water partition coefficient (Wildman–Crippen LogP) is 11.9. The summed E-state index contributed by atoms with van der Waals surface area (Å²) in [6.07, 6.45) is -5.89. The molecule has 0 aliphatic heterocycles. The molecule has 6 rings (SSSR count). The Morgan fingerprint density at radius 1 is 0.468 bits per heavy atom. The summed E-state index contributed by atoms with van der Waals surface area (Å²) in [4.78, 5) is 54.3. The number of ketones is 2. The third kappa shape index (κ3) is 18.5. The van der Waals surface area contributed by atoms with E-state index in [1.807, 2.05) is 0 Å². The van der Waals surface area contributed by atoms with Gasteiger partial charge in [-0.1, -0.05) is 60.7 Å². The molecule has 0 aromatic heterocycles. The molecule has 18 heteroatoms. The van der Waals surface area contributed by atoms with Crippen molar-refractivity contribution in [2.45, 2.75) is 75.9 Å². The Morgan fingerprint density at radius 2 is 0.831 bits per heavy atom. The van der Waals surface area contributed by atoms with Crippen LogP contribution in [0.1, 0.15) is 87.9 Å². The minimum absolute atomic E-state index is 0.0610. The predicted molar refractivity (Wildman–Crippen MR) is 278 cm³/mol. The summed E-state index contributed by atoms with van der Waals surface area (Å²) >= 11 is 0. The number of halogens is 6. The van der Waals surface area contributed by atoms with E-state index in [2.05, 4.69) is 0 Å². The summed E-state index contributed by atoms with van der Waals surface area (Å²) < 4.78 is 96.2. The lowest BCUT2D eigenvalue weighted by Gasteiger charge is -2.42. The number of nitrogens with two attached hydrogens (primary N) is 2. The van der Waals surface area contributed by atoms with Crippen LogP contribution in [0, 0.1) is 5.41 Å². The number of rotatable bonds is 26. The zero-order chi connectivity index (χ0) is 55.6. The monoisotopic (exact) mass is 1070 g/mol. The number of unbranched alkanes of at least 4 members (excludes halogenated alkanes) is 2. The first-order chi connectivity index (χ1) is 36.5. The number of carbonyl (C=O) groups is 4. The summed E-state index contributed by atoms with van der Waals surface area (Å²) in [5, 5.41) is 24.4. The molecule has 0 spiro atoms. The van der Waals surface area contributed by atoms with Crippen LogP contribution < -0.4 is 30.4 Å². The molecule has 6 N–H and O–H groups in total. The summed E-state index contributed by atoms with van der Waals surface area (Å²) in [6.45, 7) is 0.172. The van der Waals surface area contributed by atoms with Gasteiger partial charge in [-0.25, -0.2) is 9.59 Å². The molecule has 0 aliphatic rings. The lowest BCUT2D eigenvalue weighted by Crippen LogP contribution is -2.57. The summed E-state index contributed by atoms with van der Waals surface area (Å²) in [7, 11) is 0. The van der Waals surface area contributed by atoms with Crippen molar-refractivity contribution in [1.29, 1.82) is 0 Å². The van der Waals surface area contributed by atoms with Crippen molar-refractivity contribution < 1.29 is 74.7 Å². The van der Waals surface area contributed by atoms with Crippen LogP contribution in [0.4, 0.5) is 37.7 Å². The van der Waals surface area contributed by atoms with Gasteiger partial charge in [-0.2, -0.15) is 26.3 Å². The Balaban J connectivity index is 1.13. The molecule has 0 saturated heterocycles. The zero-order valence-corrected chi connectivity index (χ0v) is 41.5. The van der Waals surface area contributed by atoms with Crippen LogP contribution in [0.15, 0.2) is 158 Å². The van der Waals surface area contributed by atoms with Crippen molar-refractivity contribution in [2.75, 3.05) is 24.7 Å². The van der Waals surface area contributed by atoms with Crippen molar-refractivity contribution in [2.24, 2.45) is 5.41 Å². The lowest BCUT2D eigenvalue weighted by atomic mass is 9.65. The first-order valence-electron chi connectivity index (χ1n) is 24.4. The van der Waals surface area contributed by atoms with Crippen molar-refractivity contribution >= 4 is 47.0 Å². The Hall–Kier alpha value is -8.22. The van der Waals surface area contributed by atoms with Crippen LogP contribution in [0.2, 0.25) is 0 Å². The second-order valence-corrected chi connectivity index (χ2v) is 18.3. The van der Waals surface area contributed by atoms with Crippen LogP contribution in [-0.2, 0) is 22.4 Å². The molecule has 404 valence electrons. The number of ether oxygens (including phenoxy) is 4. The van der Waals surface area contributed by atoms with Gasteiger partial charge in [-0.05, 0) is 170 Å². The van der Waals surface area contributed by atoms with Crippen molar-refractivity contribution in [3.63, 3.8) is 0 Å². The normalized spacial score (nSPS) is 12.2. The van der Waals surface area contributed by atoms with E-state index in [0.29, 0.717) is 45.1 Å². The Morgan fingerprint density at radius 3 is 1.21 bits per heavy atom. The molecule has 0 saturated carbocycles. The van der Waals surface area contributed by atoms with E-state index in [-0.39, 0.29) is 74.4 Å². The van der Waals surface area contributed by atoms with E-state index in [1.165, 1.54) is 103 Å². The van der Waals surface area contributed by atoms with E-state index >= 15 is 0 Å². The fourth-order valence-corrected chi connectivity index (χ4v) is 7.98. The molecular formula is C59H56F6N2O10. The lowest BCUT2D eigenvalue weighted by molar-refractivity contribution is -0.230. The summed E-state index contributed by atoms with van der Waals surface area (Å²) in [6, 6.07) is 37.0. The van der Waals surface area contributed by atoms with Crippen LogP contribution >= 0.6 is 0 Å². The van der Waals surface area contributed by atoms with Crippen LogP contribution in [0.3, 0.4) is 0 Å². The van der Waals surface area contributed by atoms with Gasteiger partial charge in [0.2, 0.25) is 11.6 Å². The van der Waals surface area contributed by atoms with Gasteiger partial charge >= 0.3 is 24.3 Å². The summed E-state index contributed by atoms with van der Waals surface area (Å²) in [5.41, 5.74) is 13.2. The van der Waals surface area contributed by atoms with E-state index in [0.717, 1.165) is 6.08 Å². The molecular weight excluding hydrogens is 1010 g/mol. The third-order valence-corrected chi connectivity index (χ3v) is 12.1. The number of esters is 2. The molecule has 0 atom stereocenters. The third-order valence-electron chi connectivity index (χ3n) is 12.1. The number of aliphatic hydroxyl groups is 2. The van der Waals surface area contributed by atoms with Gasteiger partial charge in [0, 0.05) is 36.1 Å². The van der Waals surface area contributed by atoms with Crippen molar-refractivity contribution in [3.05, 3.63) is 191 Å². The van der Waals surface area contributed by atoms with Gasteiger partial charge in [-0.15, -0.1) is 0 Å². The maximum Gasteiger partial charge on any atom is 0.389 e. The number of allylic oxidation sites excluding steroid dienone is 1. The number of hydrogen-bond donors (Lipinski definition) is 4. The second-order valence-electron chi connectivity index (χ2n) is 18.3. The SMILES string of the molecule is Nc1ccc(CC(CC(=O)/C=C/c2ccc(C(=O)Oc3ccc(OCCCCC(F)(F)F)cc3)cc2)(Cc2ccc(N)cc2)C(O)(O)C(=O)/C=C/c2ccc(C(=O)Oc3ccc(OCCCCC(F)(F)F)cc3)cc2)cc1. The standard InChI is InChI=1S/C59H56F6N2O10/c60-57(61,62)33-1-3-35-74-49-24-28-51(29-25-49)76-54(70)44-15-5-40(6-16-44)13-23-48(68)39-56(37-42-9-19-46(66)20-10-42,38-43-11-21-47(67)22-12-43)59(72,73)53(69)32-14-41-7-17-45(18-8-41)55(71)77-52-30-26-50(27-31-52)75-36-4-2-34-58(63,64)65/h5-32,72-73H,1-4,33-39,66-67H2/b23-13+,32-14+. The highest BCUT2D eigenvalue weighted by Crippen LogP contribution is 2.43. The van der Waals surface area contributed by atoms with Crippen LogP contribution in [-0.4, -0.2) is 65.1 Å². The molecule has 0 fully saturated rings. The number of alkyl halides is 6. The highest BCUT2D eigenvalue weighted by atomic mass is 19.4. The maximum absolute atomic E-state index is 14.2. The van der Waals surface area contributed by atoms with E-state index < -0.39 is 66.3 Å². The van der Waals surface area contributed by atoms with Gasteiger partial charge < -0.3 is 40.6 Å². The molecule has 6 aromatic carbocycles. The van der Waals surface area contributed by atoms with Gasteiger partial charge in [0.05, 0.1) is 24.3 Å². The van der Waals surface area contributed by atoms with E-state index in [9.17, 15) is 55.7 Å². The minimum atomic E-state index is -4.23. The van der Waals surface area contributed by atoms with E-state index in [4.69, 9.17) is 30.4 Å². The number of benzene rings is 6. The van der Waals surface area contributed by atoms with Crippen molar-refractivity contribution in [3.8, 4) is 23.0 Å². The minimum Gasteiger partial charge on any atom is -0.494 e. The Bertz CT molecular complexity index is 2910. The first kappa shape index (κ1) is 58.0. The number of hydrogen-bond acceptors (Lipinski definition) is 12. The molecule has 0 heterocycles. The smallest absolute Gasteiger partial charge is 0.389 e.